The van der Waals surface area contributed by atoms with Crippen molar-refractivity contribution in [2.75, 3.05) is 11.4 Å². The molecule has 3 heterocycles. The number of aryl methyl sites for hydroxylation is 2. The molecule has 1 atom stereocenters. The molecular formula is C13H17N5. The van der Waals surface area contributed by atoms with Crippen molar-refractivity contribution in [3.63, 3.8) is 0 Å². The van der Waals surface area contributed by atoms with E-state index in [1.54, 1.807) is 0 Å². The topological polar surface area (TPSA) is 57.7 Å². The van der Waals surface area contributed by atoms with Crippen LogP contribution in [0.4, 0.5) is 5.82 Å². The van der Waals surface area contributed by atoms with E-state index in [1.807, 2.05) is 25.4 Å². The van der Waals surface area contributed by atoms with Crippen LogP contribution in [0.5, 0.6) is 0 Å². The van der Waals surface area contributed by atoms with Gasteiger partial charge < -0.3 is 4.90 Å². The summed E-state index contributed by atoms with van der Waals surface area (Å²) in [5.74, 6) is 1.83. The maximum atomic E-state index is 4.53. The molecule has 1 saturated heterocycles. The van der Waals surface area contributed by atoms with Crippen molar-refractivity contribution >= 4 is 5.82 Å². The number of hydrogen-bond donors (Lipinski definition) is 1. The molecule has 0 bridgehead atoms. The first kappa shape index (κ1) is 11.2. The van der Waals surface area contributed by atoms with Gasteiger partial charge in [0.1, 0.15) is 11.6 Å². The highest BCUT2D eigenvalue weighted by Gasteiger charge is 2.29. The fraction of sp³-hybridized carbons (Fsp3) is 0.462. The quantitative estimate of drug-likeness (QED) is 0.878. The second-order valence-corrected chi connectivity index (χ2v) is 4.78. The average Bonchev–Trinajstić information content (AvgIpc) is 2.96. The molecule has 0 saturated carbocycles. The Balaban J connectivity index is 1.95. The predicted molar refractivity (Wildman–Crippen MR) is 69.4 cm³/mol. The SMILES string of the molecule is Cc1nccc(N2CCCC2c2[nH]ncc2C)n1. The molecule has 1 aliphatic heterocycles. The molecule has 5 nitrogen and oxygen atoms in total. The van der Waals surface area contributed by atoms with Crippen molar-refractivity contribution in [1.29, 1.82) is 0 Å². The van der Waals surface area contributed by atoms with Gasteiger partial charge in [0.2, 0.25) is 0 Å². The highest BCUT2D eigenvalue weighted by atomic mass is 15.3. The third-order valence-corrected chi connectivity index (χ3v) is 3.51. The van der Waals surface area contributed by atoms with Gasteiger partial charge in [0.05, 0.1) is 17.9 Å². The number of H-pyrrole nitrogens is 1. The molecule has 3 rings (SSSR count). The molecule has 18 heavy (non-hydrogen) atoms. The lowest BCUT2D eigenvalue weighted by Gasteiger charge is -2.25. The third kappa shape index (κ3) is 1.85. The number of anilines is 1. The predicted octanol–water partition coefficient (Wildman–Crippen LogP) is 2.16. The van der Waals surface area contributed by atoms with E-state index >= 15 is 0 Å². The van der Waals surface area contributed by atoms with Crippen LogP contribution in [0.15, 0.2) is 18.5 Å². The van der Waals surface area contributed by atoms with Gasteiger partial charge >= 0.3 is 0 Å². The van der Waals surface area contributed by atoms with Crippen LogP contribution < -0.4 is 4.90 Å². The lowest BCUT2D eigenvalue weighted by molar-refractivity contribution is 0.678. The Labute approximate surface area is 106 Å². The summed E-state index contributed by atoms with van der Waals surface area (Å²) in [6.45, 7) is 5.07. The van der Waals surface area contributed by atoms with Crippen LogP contribution in [0, 0.1) is 13.8 Å². The molecular weight excluding hydrogens is 226 g/mol. The lowest BCUT2D eigenvalue weighted by Crippen LogP contribution is -2.24. The molecule has 0 aromatic carbocycles. The number of nitrogens with zero attached hydrogens (tertiary/aromatic N) is 4. The molecule has 0 aliphatic carbocycles. The zero-order valence-corrected chi connectivity index (χ0v) is 10.7. The molecule has 1 N–H and O–H groups in total. The summed E-state index contributed by atoms with van der Waals surface area (Å²) in [6, 6.07) is 2.35. The lowest BCUT2D eigenvalue weighted by atomic mass is 10.1. The summed E-state index contributed by atoms with van der Waals surface area (Å²) in [7, 11) is 0. The van der Waals surface area contributed by atoms with Gasteiger partial charge in [0.15, 0.2) is 0 Å². The number of rotatable bonds is 2. The minimum atomic E-state index is 0.363. The van der Waals surface area contributed by atoms with Crippen LogP contribution in [0.2, 0.25) is 0 Å². The van der Waals surface area contributed by atoms with Crippen LogP contribution in [-0.4, -0.2) is 26.7 Å². The second kappa shape index (κ2) is 4.40. The molecule has 5 heteroatoms. The first-order chi connectivity index (χ1) is 8.75. The maximum absolute atomic E-state index is 4.53. The fourth-order valence-electron chi connectivity index (χ4n) is 2.64. The van der Waals surface area contributed by atoms with Gasteiger partial charge in [0.25, 0.3) is 0 Å². The van der Waals surface area contributed by atoms with E-state index in [0.717, 1.165) is 24.6 Å². The molecule has 1 aliphatic rings. The van der Waals surface area contributed by atoms with E-state index in [2.05, 4.69) is 32.0 Å². The molecule has 0 amide bonds. The summed E-state index contributed by atoms with van der Waals surface area (Å²) in [4.78, 5) is 11.0. The van der Waals surface area contributed by atoms with Gasteiger partial charge in [-0.05, 0) is 38.3 Å². The van der Waals surface area contributed by atoms with Gasteiger partial charge in [-0.15, -0.1) is 0 Å². The Morgan fingerprint density at radius 1 is 1.39 bits per heavy atom. The van der Waals surface area contributed by atoms with Crippen LogP contribution in [0.1, 0.15) is 36.0 Å². The minimum Gasteiger partial charge on any atom is -0.348 e. The van der Waals surface area contributed by atoms with Crippen molar-refractivity contribution in [2.45, 2.75) is 32.7 Å². The first-order valence-corrected chi connectivity index (χ1v) is 6.32. The maximum Gasteiger partial charge on any atom is 0.132 e. The van der Waals surface area contributed by atoms with Gasteiger partial charge in [-0.3, -0.25) is 5.10 Å². The molecule has 2 aromatic rings. The Kier molecular flexibility index (Phi) is 2.74. The zero-order valence-electron chi connectivity index (χ0n) is 10.7. The number of hydrogen-bond acceptors (Lipinski definition) is 4. The van der Waals surface area contributed by atoms with E-state index in [1.165, 1.54) is 17.7 Å². The third-order valence-electron chi connectivity index (χ3n) is 3.51. The van der Waals surface area contributed by atoms with Crippen LogP contribution in [-0.2, 0) is 0 Å². The van der Waals surface area contributed by atoms with E-state index < -0.39 is 0 Å². The van der Waals surface area contributed by atoms with Crippen molar-refractivity contribution < 1.29 is 0 Å². The van der Waals surface area contributed by atoms with Crippen molar-refractivity contribution in [3.8, 4) is 0 Å². The van der Waals surface area contributed by atoms with Gasteiger partial charge in [-0.1, -0.05) is 0 Å². The van der Waals surface area contributed by atoms with E-state index in [9.17, 15) is 0 Å². The number of nitrogens with one attached hydrogen (secondary N) is 1. The van der Waals surface area contributed by atoms with Crippen molar-refractivity contribution in [2.24, 2.45) is 0 Å². The smallest absolute Gasteiger partial charge is 0.132 e. The molecule has 94 valence electrons. The zero-order chi connectivity index (χ0) is 12.5. The summed E-state index contributed by atoms with van der Waals surface area (Å²) in [5.41, 5.74) is 2.43. The Bertz CT molecular complexity index is 548. The largest absolute Gasteiger partial charge is 0.348 e. The van der Waals surface area contributed by atoms with Crippen LogP contribution >= 0.6 is 0 Å². The second-order valence-electron chi connectivity index (χ2n) is 4.78. The van der Waals surface area contributed by atoms with E-state index in [-0.39, 0.29) is 0 Å². The standard InChI is InChI=1S/C13H17N5/c1-9-8-15-17-13(9)11-4-3-7-18(11)12-5-6-14-10(2)16-12/h5-6,8,11H,3-4,7H2,1-2H3,(H,15,17). The summed E-state index contributed by atoms with van der Waals surface area (Å²) in [6.07, 6.45) is 6.04. The monoisotopic (exact) mass is 243 g/mol. The minimum absolute atomic E-state index is 0.363. The highest BCUT2D eigenvalue weighted by Crippen LogP contribution is 2.35. The van der Waals surface area contributed by atoms with Gasteiger partial charge in [-0.25, -0.2) is 9.97 Å². The van der Waals surface area contributed by atoms with Gasteiger partial charge in [0, 0.05) is 12.7 Å². The van der Waals surface area contributed by atoms with Crippen LogP contribution in [0.3, 0.4) is 0 Å². The Morgan fingerprint density at radius 2 is 2.28 bits per heavy atom. The van der Waals surface area contributed by atoms with Crippen LogP contribution in [0.25, 0.3) is 0 Å². The van der Waals surface area contributed by atoms with Crippen molar-refractivity contribution in [3.05, 3.63) is 35.5 Å². The first-order valence-electron chi connectivity index (χ1n) is 6.32. The summed E-state index contributed by atoms with van der Waals surface area (Å²) >= 11 is 0. The normalized spacial score (nSPS) is 19.4. The Morgan fingerprint density at radius 3 is 3.00 bits per heavy atom. The molecule has 1 fully saturated rings. The van der Waals surface area contributed by atoms with Crippen molar-refractivity contribution in [1.82, 2.24) is 20.2 Å². The molecule has 0 spiro atoms. The average molecular weight is 243 g/mol. The number of aromatic amines is 1. The Hall–Kier alpha value is -1.91. The molecule has 1 unspecified atom stereocenters. The summed E-state index contributed by atoms with van der Waals surface area (Å²) < 4.78 is 0. The molecule has 2 aromatic heterocycles. The van der Waals surface area contributed by atoms with E-state index in [0.29, 0.717) is 6.04 Å². The summed E-state index contributed by atoms with van der Waals surface area (Å²) in [5, 5.41) is 7.25. The fourth-order valence-corrected chi connectivity index (χ4v) is 2.64. The van der Waals surface area contributed by atoms with E-state index in [4.69, 9.17) is 0 Å². The highest BCUT2D eigenvalue weighted by molar-refractivity contribution is 5.43. The molecule has 0 radical (unpaired) electrons. The number of aromatic nitrogens is 4. The van der Waals surface area contributed by atoms with Gasteiger partial charge in [-0.2, -0.15) is 5.10 Å².